The average Bonchev–Trinajstić information content (AvgIpc) is 2.77. The first kappa shape index (κ1) is 14.7. The lowest BCUT2D eigenvalue weighted by Gasteiger charge is -2.11. The molecule has 0 bridgehead atoms. The highest BCUT2D eigenvalue weighted by Gasteiger charge is 2.11. The Bertz CT molecular complexity index is 620. The first-order valence-electron chi connectivity index (χ1n) is 5.83. The molecule has 0 saturated heterocycles. The van der Waals surface area contributed by atoms with Crippen molar-refractivity contribution in [1.82, 2.24) is 15.2 Å². The summed E-state index contributed by atoms with van der Waals surface area (Å²) < 4.78 is 0. The van der Waals surface area contributed by atoms with Gasteiger partial charge in [0.15, 0.2) is 0 Å². The van der Waals surface area contributed by atoms with E-state index in [1.807, 2.05) is 26.0 Å². The summed E-state index contributed by atoms with van der Waals surface area (Å²) in [4.78, 5) is 15.8. The zero-order valence-electron chi connectivity index (χ0n) is 11.0. The molecule has 1 aromatic carbocycles. The van der Waals surface area contributed by atoms with Crippen LogP contribution in [0.2, 0.25) is 5.02 Å². The van der Waals surface area contributed by atoms with Gasteiger partial charge in [0.25, 0.3) is 0 Å². The monoisotopic (exact) mass is 311 g/mol. The van der Waals surface area contributed by atoms with Crippen LogP contribution in [0.5, 0.6) is 0 Å². The number of nitrogens with one attached hydrogen (secondary N) is 2. The Balaban J connectivity index is 1.98. The Labute approximate surface area is 125 Å². The molecule has 0 fully saturated rings. The number of nitrogens with two attached hydrogens (primary N) is 1. The highest BCUT2D eigenvalue weighted by atomic mass is 35.5. The molecular formula is C12H14ClN5OS. The van der Waals surface area contributed by atoms with Crippen molar-refractivity contribution in [3.8, 4) is 0 Å². The zero-order chi connectivity index (χ0) is 14.7. The zero-order valence-corrected chi connectivity index (χ0v) is 12.6. The van der Waals surface area contributed by atoms with Crippen LogP contribution in [0.1, 0.15) is 11.1 Å². The SMILES string of the molecule is Cc1cc(C)c(NC(=O)CSc2n[nH]c(N)n2)c(Cl)c1. The molecule has 2 rings (SSSR count). The van der Waals surface area contributed by atoms with E-state index in [4.69, 9.17) is 17.3 Å². The third-order valence-corrected chi connectivity index (χ3v) is 3.66. The second-order valence-electron chi connectivity index (χ2n) is 4.28. The lowest BCUT2D eigenvalue weighted by molar-refractivity contribution is -0.113. The molecule has 1 amide bonds. The minimum absolute atomic E-state index is 0.174. The summed E-state index contributed by atoms with van der Waals surface area (Å²) in [5, 5.41) is 10.1. The van der Waals surface area contributed by atoms with Gasteiger partial charge in [0.1, 0.15) is 0 Å². The van der Waals surface area contributed by atoms with Crippen LogP contribution in [0.15, 0.2) is 17.3 Å². The Morgan fingerprint density at radius 3 is 2.85 bits per heavy atom. The number of amides is 1. The number of anilines is 2. The van der Waals surface area contributed by atoms with E-state index in [0.29, 0.717) is 15.9 Å². The highest BCUT2D eigenvalue weighted by molar-refractivity contribution is 7.99. The molecule has 0 unspecified atom stereocenters. The summed E-state index contributed by atoms with van der Waals surface area (Å²) in [7, 11) is 0. The van der Waals surface area contributed by atoms with Gasteiger partial charge in [-0.15, -0.1) is 5.10 Å². The molecule has 0 aliphatic rings. The largest absolute Gasteiger partial charge is 0.368 e. The molecule has 2 aromatic rings. The molecule has 0 radical (unpaired) electrons. The number of aryl methyl sites for hydroxylation is 2. The van der Waals surface area contributed by atoms with Gasteiger partial charge in [-0.25, -0.2) is 5.10 Å². The molecule has 0 atom stereocenters. The molecule has 6 nitrogen and oxygen atoms in total. The van der Waals surface area contributed by atoms with Crippen LogP contribution >= 0.6 is 23.4 Å². The van der Waals surface area contributed by atoms with Crippen molar-refractivity contribution < 1.29 is 4.79 Å². The fraction of sp³-hybridized carbons (Fsp3) is 0.250. The van der Waals surface area contributed by atoms with Gasteiger partial charge in [-0.1, -0.05) is 29.4 Å². The normalized spacial score (nSPS) is 10.6. The quantitative estimate of drug-likeness (QED) is 0.753. The summed E-state index contributed by atoms with van der Waals surface area (Å²) in [5.41, 5.74) is 8.02. The predicted octanol–water partition coefficient (Wildman–Crippen LogP) is 2.39. The summed E-state index contributed by atoms with van der Waals surface area (Å²) in [5.74, 6) is 0.235. The summed E-state index contributed by atoms with van der Waals surface area (Å²) >= 11 is 7.33. The first-order valence-corrected chi connectivity index (χ1v) is 7.19. The number of thioether (sulfide) groups is 1. The van der Waals surface area contributed by atoms with E-state index >= 15 is 0 Å². The Morgan fingerprint density at radius 1 is 1.50 bits per heavy atom. The number of carbonyl (C=O) groups is 1. The molecule has 0 saturated carbocycles. The number of aromatic amines is 1. The maximum absolute atomic E-state index is 11.9. The maximum atomic E-state index is 11.9. The number of nitrogen functional groups attached to an aromatic ring is 1. The van der Waals surface area contributed by atoms with Crippen molar-refractivity contribution in [2.45, 2.75) is 19.0 Å². The van der Waals surface area contributed by atoms with Crippen molar-refractivity contribution in [2.24, 2.45) is 0 Å². The minimum Gasteiger partial charge on any atom is -0.368 e. The van der Waals surface area contributed by atoms with Crippen LogP contribution in [-0.2, 0) is 4.79 Å². The van der Waals surface area contributed by atoms with Crippen LogP contribution in [-0.4, -0.2) is 26.8 Å². The molecule has 106 valence electrons. The first-order chi connectivity index (χ1) is 9.45. The topological polar surface area (TPSA) is 96.7 Å². The molecule has 0 aliphatic carbocycles. The average molecular weight is 312 g/mol. The van der Waals surface area contributed by atoms with Gasteiger partial charge in [-0.3, -0.25) is 4.79 Å². The second-order valence-corrected chi connectivity index (χ2v) is 5.63. The molecule has 8 heteroatoms. The fourth-order valence-corrected chi connectivity index (χ4v) is 2.68. The molecule has 0 spiro atoms. The molecule has 20 heavy (non-hydrogen) atoms. The minimum atomic E-state index is -0.174. The number of halogens is 1. The lowest BCUT2D eigenvalue weighted by Crippen LogP contribution is -2.15. The Kier molecular flexibility index (Phi) is 4.51. The van der Waals surface area contributed by atoms with E-state index in [0.717, 1.165) is 11.1 Å². The number of aromatic nitrogens is 3. The van der Waals surface area contributed by atoms with E-state index in [-0.39, 0.29) is 17.6 Å². The van der Waals surface area contributed by atoms with Crippen molar-refractivity contribution in [1.29, 1.82) is 0 Å². The summed E-state index contributed by atoms with van der Waals surface area (Å²) in [6.07, 6.45) is 0. The highest BCUT2D eigenvalue weighted by Crippen LogP contribution is 2.27. The molecule has 1 aromatic heterocycles. The fourth-order valence-electron chi connectivity index (χ4n) is 1.70. The number of benzene rings is 1. The number of carbonyl (C=O) groups excluding carboxylic acids is 1. The molecule has 4 N–H and O–H groups in total. The second kappa shape index (κ2) is 6.15. The van der Waals surface area contributed by atoms with Crippen molar-refractivity contribution in [2.75, 3.05) is 16.8 Å². The van der Waals surface area contributed by atoms with Crippen LogP contribution in [0.25, 0.3) is 0 Å². The third kappa shape index (κ3) is 3.64. The predicted molar refractivity (Wildman–Crippen MR) is 81.1 cm³/mol. The standard InChI is InChI=1S/C12H14ClN5OS/c1-6-3-7(2)10(8(13)4-6)15-9(19)5-20-12-16-11(14)17-18-12/h3-4H,5H2,1-2H3,(H,15,19)(H3,14,16,17,18). The summed E-state index contributed by atoms with van der Waals surface area (Å²) in [6.45, 7) is 3.85. The molecular weight excluding hydrogens is 298 g/mol. The van der Waals surface area contributed by atoms with Crippen LogP contribution in [0.4, 0.5) is 11.6 Å². The van der Waals surface area contributed by atoms with Crippen molar-refractivity contribution >= 4 is 40.9 Å². The van der Waals surface area contributed by atoms with Gasteiger partial charge >= 0.3 is 0 Å². The number of hydrogen-bond acceptors (Lipinski definition) is 5. The number of rotatable bonds is 4. The third-order valence-electron chi connectivity index (χ3n) is 2.51. The van der Waals surface area contributed by atoms with E-state index in [1.54, 1.807) is 0 Å². The van der Waals surface area contributed by atoms with Crippen LogP contribution in [0, 0.1) is 13.8 Å². The molecule has 1 heterocycles. The Hall–Kier alpha value is -1.73. The number of nitrogens with zero attached hydrogens (tertiary/aromatic N) is 2. The van der Waals surface area contributed by atoms with E-state index in [1.165, 1.54) is 11.8 Å². The van der Waals surface area contributed by atoms with Gasteiger partial charge in [0.2, 0.25) is 17.0 Å². The lowest BCUT2D eigenvalue weighted by atomic mass is 10.1. The van der Waals surface area contributed by atoms with Gasteiger partial charge in [-0.05, 0) is 31.0 Å². The van der Waals surface area contributed by atoms with Crippen molar-refractivity contribution in [3.05, 3.63) is 28.3 Å². The van der Waals surface area contributed by atoms with E-state index < -0.39 is 0 Å². The number of hydrogen-bond donors (Lipinski definition) is 3. The smallest absolute Gasteiger partial charge is 0.234 e. The Morgan fingerprint density at radius 2 is 2.25 bits per heavy atom. The van der Waals surface area contributed by atoms with E-state index in [2.05, 4.69) is 20.5 Å². The van der Waals surface area contributed by atoms with Crippen molar-refractivity contribution in [3.63, 3.8) is 0 Å². The van der Waals surface area contributed by atoms with E-state index in [9.17, 15) is 4.79 Å². The van der Waals surface area contributed by atoms with Crippen LogP contribution < -0.4 is 11.1 Å². The maximum Gasteiger partial charge on any atom is 0.234 e. The van der Waals surface area contributed by atoms with Crippen LogP contribution in [0.3, 0.4) is 0 Å². The van der Waals surface area contributed by atoms with Gasteiger partial charge in [0.05, 0.1) is 16.5 Å². The van der Waals surface area contributed by atoms with Gasteiger partial charge < -0.3 is 11.1 Å². The molecule has 0 aliphatic heterocycles. The van der Waals surface area contributed by atoms with Gasteiger partial charge in [-0.2, -0.15) is 4.98 Å². The van der Waals surface area contributed by atoms with Gasteiger partial charge in [0, 0.05) is 0 Å². The number of H-pyrrole nitrogens is 1. The summed E-state index contributed by atoms with van der Waals surface area (Å²) in [6, 6.07) is 3.78.